The molecule has 24 heavy (non-hydrogen) atoms. The molecule has 0 radical (unpaired) electrons. The largest absolute Gasteiger partial charge is 0.334 e. The zero-order chi connectivity index (χ0) is 16.8. The molecular formula is C18H26ClN5. The van der Waals surface area contributed by atoms with Gasteiger partial charge in [-0.15, -0.1) is 0 Å². The minimum Gasteiger partial charge on any atom is -0.334 e. The maximum absolute atomic E-state index is 6.45. The maximum Gasteiger partial charge on any atom is 0.131 e. The SMILES string of the molecule is Cc1nn(C)c(Cl)c1CN1CCC[C@H]1c1nc2c(n1C)CCCC2. The van der Waals surface area contributed by atoms with Crippen LogP contribution in [0, 0.1) is 6.92 Å². The van der Waals surface area contributed by atoms with E-state index in [1.54, 1.807) is 4.68 Å². The normalized spacial score (nSPS) is 21.4. The number of aryl methyl sites for hydroxylation is 3. The highest BCUT2D eigenvalue weighted by Crippen LogP contribution is 2.36. The predicted octanol–water partition coefficient (Wildman–Crippen LogP) is 3.33. The highest BCUT2D eigenvalue weighted by Gasteiger charge is 2.32. The average molecular weight is 348 g/mol. The van der Waals surface area contributed by atoms with Crippen LogP contribution in [0.15, 0.2) is 0 Å². The van der Waals surface area contributed by atoms with Crippen molar-refractivity contribution in [2.24, 2.45) is 14.1 Å². The molecule has 0 saturated carbocycles. The number of halogens is 1. The van der Waals surface area contributed by atoms with Crippen LogP contribution in [-0.2, 0) is 33.5 Å². The van der Waals surface area contributed by atoms with E-state index in [0.29, 0.717) is 6.04 Å². The van der Waals surface area contributed by atoms with Gasteiger partial charge in [0.05, 0.1) is 17.4 Å². The minimum atomic E-state index is 0.399. The second-order valence-electron chi connectivity index (χ2n) is 7.24. The third kappa shape index (κ3) is 2.58. The van der Waals surface area contributed by atoms with Crippen LogP contribution in [0.2, 0.25) is 5.15 Å². The quantitative estimate of drug-likeness (QED) is 0.854. The van der Waals surface area contributed by atoms with Crippen LogP contribution in [0.5, 0.6) is 0 Å². The standard InChI is InChI=1S/C18H26ClN5/c1-12-13(17(19)23(3)21-12)11-24-10-6-9-16(24)18-20-14-7-4-5-8-15(14)22(18)2/h16H,4-11H2,1-3H3/t16-/m0/s1. The summed E-state index contributed by atoms with van der Waals surface area (Å²) in [5.74, 6) is 1.25. The smallest absolute Gasteiger partial charge is 0.131 e. The zero-order valence-electron chi connectivity index (χ0n) is 14.8. The highest BCUT2D eigenvalue weighted by molar-refractivity contribution is 6.30. The van der Waals surface area contributed by atoms with Crippen LogP contribution in [0.3, 0.4) is 0 Å². The lowest BCUT2D eigenvalue weighted by Gasteiger charge is -2.24. The molecule has 6 heteroatoms. The van der Waals surface area contributed by atoms with Crippen molar-refractivity contribution in [2.45, 2.75) is 58.0 Å². The van der Waals surface area contributed by atoms with E-state index in [9.17, 15) is 0 Å². The van der Waals surface area contributed by atoms with E-state index in [-0.39, 0.29) is 0 Å². The molecule has 2 aliphatic rings. The highest BCUT2D eigenvalue weighted by atomic mass is 35.5. The van der Waals surface area contributed by atoms with Crippen LogP contribution in [0.1, 0.15) is 60.2 Å². The fourth-order valence-electron chi connectivity index (χ4n) is 4.37. The molecule has 0 amide bonds. The minimum absolute atomic E-state index is 0.399. The number of hydrogen-bond acceptors (Lipinski definition) is 3. The molecule has 5 nitrogen and oxygen atoms in total. The Hall–Kier alpha value is -1.33. The second kappa shape index (κ2) is 6.19. The second-order valence-corrected chi connectivity index (χ2v) is 7.59. The Morgan fingerprint density at radius 2 is 1.96 bits per heavy atom. The summed E-state index contributed by atoms with van der Waals surface area (Å²) in [5.41, 5.74) is 4.98. The summed E-state index contributed by atoms with van der Waals surface area (Å²) >= 11 is 6.45. The first-order valence-corrected chi connectivity index (χ1v) is 9.40. The summed E-state index contributed by atoms with van der Waals surface area (Å²) in [7, 11) is 4.11. The Morgan fingerprint density at radius 1 is 1.17 bits per heavy atom. The predicted molar refractivity (Wildman–Crippen MR) is 95.2 cm³/mol. The molecule has 0 aromatic carbocycles. The van der Waals surface area contributed by atoms with Crippen molar-refractivity contribution in [1.29, 1.82) is 0 Å². The van der Waals surface area contributed by atoms with Crippen molar-refractivity contribution in [3.8, 4) is 0 Å². The molecule has 0 unspecified atom stereocenters. The summed E-state index contributed by atoms with van der Waals surface area (Å²) in [4.78, 5) is 7.57. The summed E-state index contributed by atoms with van der Waals surface area (Å²) < 4.78 is 4.14. The average Bonchev–Trinajstić information content (AvgIpc) is 3.22. The molecule has 1 fully saturated rings. The van der Waals surface area contributed by atoms with Gasteiger partial charge in [0.2, 0.25) is 0 Å². The fourth-order valence-corrected chi connectivity index (χ4v) is 4.60. The Labute approximate surface area is 148 Å². The summed E-state index contributed by atoms with van der Waals surface area (Å²) in [6, 6.07) is 0.399. The Kier molecular flexibility index (Phi) is 4.17. The van der Waals surface area contributed by atoms with Gasteiger partial charge in [0.1, 0.15) is 11.0 Å². The van der Waals surface area contributed by atoms with E-state index in [4.69, 9.17) is 16.6 Å². The Balaban J connectivity index is 1.62. The van der Waals surface area contributed by atoms with Gasteiger partial charge in [-0.3, -0.25) is 9.58 Å². The number of imidazole rings is 1. The molecule has 130 valence electrons. The van der Waals surface area contributed by atoms with Gasteiger partial charge in [0, 0.05) is 31.9 Å². The molecule has 2 aromatic rings. The van der Waals surface area contributed by atoms with E-state index >= 15 is 0 Å². The van der Waals surface area contributed by atoms with Crippen molar-refractivity contribution in [3.05, 3.63) is 33.6 Å². The molecule has 0 N–H and O–H groups in total. The van der Waals surface area contributed by atoms with Crippen LogP contribution in [0.25, 0.3) is 0 Å². The molecule has 1 atom stereocenters. The molecule has 1 aliphatic carbocycles. The van der Waals surface area contributed by atoms with Gasteiger partial charge in [-0.05, 0) is 52.0 Å². The van der Waals surface area contributed by atoms with Gasteiger partial charge >= 0.3 is 0 Å². The summed E-state index contributed by atoms with van der Waals surface area (Å²) in [6.07, 6.45) is 7.30. The molecule has 3 heterocycles. The topological polar surface area (TPSA) is 38.9 Å². The lowest BCUT2D eigenvalue weighted by molar-refractivity contribution is 0.236. The number of aromatic nitrogens is 4. The third-order valence-corrected chi connectivity index (χ3v) is 6.17. The zero-order valence-corrected chi connectivity index (χ0v) is 15.6. The molecule has 0 spiro atoms. The Bertz CT molecular complexity index is 760. The van der Waals surface area contributed by atoms with Crippen LogP contribution >= 0.6 is 11.6 Å². The third-order valence-electron chi connectivity index (χ3n) is 5.70. The molecule has 1 saturated heterocycles. The van der Waals surface area contributed by atoms with Gasteiger partial charge in [0.15, 0.2) is 0 Å². The molecular weight excluding hydrogens is 322 g/mol. The number of rotatable bonds is 3. The van der Waals surface area contributed by atoms with Crippen LogP contribution in [-0.4, -0.2) is 30.8 Å². The molecule has 0 bridgehead atoms. The van der Waals surface area contributed by atoms with Gasteiger partial charge < -0.3 is 4.57 Å². The number of nitrogens with zero attached hydrogens (tertiary/aromatic N) is 5. The molecule has 1 aliphatic heterocycles. The number of hydrogen-bond donors (Lipinski definition) is 0. The van der Waals surface area contributed by atoms with Crippen molar-refractivity contribution >= 4 is 11.6 Å². The first-order valence-electron chi connectivity index (χ1n) is 9.02. The van der Waals surface area contributed by atoms with Crippen molar-refractivity contribution in [3.63, 3.8) is 0 Å². The maximum atomic E-state index is 6.45. The Morgan fingerprint density at radius 3 is 2.67 bits per heavy atom. The van der Waals surface area contributed by atoms with Crippen molar-refractivity contribution in [2.75, 3.05) is 6.54 Å². The van der Waals surface area contributed by atoms with E-state index in [1.807, 2.05) is 14.0 Å². The van der Waals surface area contributed by atoms with E-state index in [1.165, 1.54) is 49.3 Å². The molecule has 2 aromatic heterocycles. The van der Waals surface area contributed by atoms with Gasteiger partial charge in [-0.25, -0.2) is 4.98 Å². The van der Waals surface area contributed by atoms with Gasteiger partial charge in [0.25, 0.3) is 0 Å². The lowest BCUT2D eigenvalue weighted by atomic mass is 10.0. The first-order chi connectivity index (χ1) is 11.6. The van der Waals surface area contributed by atoms with E-state index in [0.717, 1.165) is 35.9 Å². The van der Waals surface area contributed by atoms with Gasteiger partial charge in [-0.2, -0.15) is 5.10 Å². The fraction of sp³-hybridized carbons (Fsp3) is 0.667. The van der Waals surface area contributed by atoms with Gasteiger partial charge in [-0.1, -0.05) is 11.6 Å². The number of fused-ring (bicyclic) bond motifs is 1. The van der Waals surface area contributed by atoms with Crippen molar-refractivity contribution in [1.82, 2.24) is 24.2 Å². The first kappa shape index (κ1) is 16.2. The number of likely N-dealkylation sites (tertiary alicyclic amines) is 1. The van der Waals surface area contributed by atoms with E-state index in [2.05, 4.69) is 21.6 Å². The summed E-state index contributed by atoms with van der Waals surface area (Å²) in [5, 5.41) is 5.22. The van der Waals surface area contributed by atoms with E-state index < -0.39 is 0 Å². The molecule has 4 rings (SSSR count). The monoisotopic (exact) mass is 347 g/mol. The van der Waals surface area contributed by atoms with Crippen LogP contribution in [0.4, 0.5) is 0 Å². The van der Waals surface area contributed by atoms with Crippen LogP contribution < -0.4 is 0 Å². The summed E-state index contributed by atoms with van der Waals surface area (Å²) in [6.45, 7) is 4.01. The van der Waals surface area contributed by atoms with Crippen molar-refractivity contribution < 1.29 is 0 Å². The lowest BCUT2D eigenvalue weighted by Crippen LogP contribution is -2.25.